The maximum absolute atomic E-state index is 12.4. The van der Waals surface area contributed by atoms with Gasteiger partial charge in [-0.2, -0.15) is 0 Å². The summed E-state index contributed by atoms with van der Waals surface area (Å²) in [5.41, 5.74) is 0.116. The van der Waals surface area contributed by atoms with Gasteiger partial charge >= 0.3 is 0 Å². The number of imide groups is 1. The van der Waals surface area contributed by atoms with Gasteiger partial charge in [-0.25, -0.2) is 0 Å². The number of Topliss-reactive ketones (excluding diaryl/α,β-unsaturated/α-hetero) is 1. The minimum absolute atomic E-state index is 0.116. The first-order chi connectivity index (χ1) is 13.8. The van der Waals surface area contributed by atoms with Crippen molar-refractivity contribution < 1.29 is 29.4 Å². The Balaban J connectivity index is 1.63. The molecule has 0 unspecified atom stereocenters. The number of thiophene rings is 1. The van der Waals surface area contributed by atoms with E-state index in [-0.39, 0.29) is 22.8 Å². The Morgan fingerprint density at radius 1 is 1.17 bits per heavy atom. The molecule has 8 nitrogen and oxygen atoms in total. The Labute approximate surface area is 174 Å². The molecule has 0 spiro atoms. The maximum Gasteiger partial charge on any atom is 0.294 e. The summed E-state index contributed by atoms with van der Waals surface area (Å²) in [6.07, 6.45) is 1.60. The summed E-state index contributed by atoms with van der Waals surface area (Å²) in [5, 5.41) is 20.1. The van der Waals surface area contributed by atoms with Crippen LogP contribution in [-0.2, 0) is 9.59 Å². The number of benzene rings is 1. The van der Waals surface area contributed by atoms with Crippen LogP contribution in [0, 0.1) is 0 Å². The third-order valence-electron chi connectivity index (χ3n) is 4.09. The minimum Gasteiger partial charge on any atom is -0.504 e. The molecule has 3 amide bonds. The second-order valence-corrected chi connectivity index (χ2v) is 8.13. The van der Waals surface area contributed by atoms with Crippen molar-refractivity contribution in [3.8, 4) is 11.5 Å². The number of hydrogen-bond donors (Lipinski definition) is 2. The number of carbonyl (C=O) groups is 4. The van der Waals surface area contributed by atoms with Crippen LogP contribution in [0.2, 0.25) is 0 Å². The Morgan fingerprint density at radius 3 is 2.59 bits per heavy atom. The number of likely N-dealkylation sites (N-methyl/N-ethyl adjacent to an activating group) is 1. The number of aromatic hydroxyl groups is 2. The lowest BCUT2D eigenvalue weighted by Gasteiger charge is -2.19. The molecule has 1 aliphatic heterocycles. The second kappa shape index (κ2) is 8.50. The van der Waals surface area contributed by atoms with Gasteiger partial charge in [0.2, 0.25) is 5.91 Å². The number of rotatable bonds is 6. The van der Waals surface area contributed by atoms with E-state index in [1.54, 1.807) is 6.08 Å². The average molecular weight is 432 g/mol. The lowest BCUT2D eigenvalue weighted by Crippen LogP contribution is -2.42. The molecule has 1 saturated heterocycles. The van der Waals surface area contributed by atoms with Crippen LogP contribution in [0.5, 0.6) is 11.5 Å². The van der Waals surface area contributed by atoms with Crippen molar-refractivity contribution in [3.05, 3.63) is 51.1 Å². The molecule has 0 radical (unpaired) electrons. The van der Waals surface area contributed by atoms with Crippen molar-refractivity contribution in [1.29, 1.82) is 0 Å². The van der Waals surface area contributed by atoms with Crippen LogP contribution in [0.4, 0.5) is 4.79 Å². The summed E-state index contributed by atoms with van der Waals surface area (Å²) in [4.78, 5) is 52.3. The van der Waals surface area contributed by atoms with E-state index < -0.39 is 35.1 Å². The lowest BCUT2D eigenvalue weighted by molar-refractivity contribution is -0.134. The average Bonchev–Trinajstić information content (AvgIpc) is 3.28. The van der Waals surface area contributed by atoms with Gasteiger partial charge < -0.3 is 15.1 Å². The maximum atomic E-state index is 12.4. The van der Waals surface area contributed by atoms with E-state index >= 15 is 0 Å². The molecule has 2 N–H and O–H groups in total. The topological polar surface area (TPSA) is 115 Å². The fourth-order valence-corrected chi connectivity index (χ4v) is 4.05. The van der Waals surface area contributed by atoms with Crippen molar-refractivity contribution in [2.24, 2.45) is 0 Å². The zero-order valence-electron chi connectivity index (χ0n) is 15.2. The summed E-state index contributed by atoms with van der Waals surface area (Å²) in [7, 11) is 1.38. The van der Waals surface area contributed by atoms with E-state index in [0.29, 0.717) is 0 Å². The van der Waals surface area contributed by atoms with Gasteiger partial charge in [-0.3, -0.25) is 24.1 Å². The molecular weight excluding hydrogens is 416 g/mol. The SMILES string of the molecule is CN(CC(=O)c1ccc(O)c(O)c1)C(=O)CN1C(=O)SC(=Cc2cccs2)C1=O. The molecule has 0 aliphatic carbocycles. The summed E-state index contributed by atoms with van der Waals surface area (Å²) in [6.45, 7) is -0.790. The van der Waals surface area contributed by atoms with E-state index in [2.05, 4.69) is 0 Å². The molecule has 1 aliphatic rings. The highest BCUT2D eigenvalue weighted by molar-refractivity contribution is 8.18. The molecule has 1 fully saturated rings. The van der Waals surface area contributed by atoms with Crippen LogP contribution in [-0.4, -0.2) is 63.0 Å². The van der Waals surface area contributed by atoms with Gasteiger partial charge in [0.05, 0.1) is 11.4 Å². The predicted molar refractivity (Wildman–Crippen MR) is 109 cm³/mol. The second-order valence-electron chi connectivity index (χ2n) is 6.16. The Morgan fingerprint density at radius 2 is 1.93 bits per heavy atom. The van der Waals surface area contributed by atoms with E-state index in [9.17, 15) is 29.4 Å². The van der Waals surface area contributed by atoms with Gasteiger partial charge in [0, 0.05) is 17.5 Å². The molecule has 2 heterocycles. The van der Waals surface area contributed by atoms with Crippen molar-refractivity contribution in [2.45, 2.75) is 0 Å². The molecule has 29 heavy (non-hydrogen) atoms. The largest absolute Gasteiger partial charge is 0.504 e. The normalized spacial score (nSPS) is 15.2. The summed E-state index contributed by atoms with van der Waals surface area (Å²) < 4.78 is 0. The van der Waals surface area contributed by atoms with Crippen LogP contribution in [0.1, 0.15) is 15.2 Å². The molecular formula is C19H16N2O6S2. The third-order valence-corrected chi connectivity index (χ3v) is 5.81. The zero-order chi connectivity index (χ0) is 21.1. The number of nitrogens with zero attached hydrogens (tertiary/aromatic N) is 2. The van der Waals surface area contributed by atoms with E-state index in [1.165, 1.54) is 30.5 Å². The quantitative estimate of drug-likeness (QED) is 0.409. The zero-order valence-corrected chi connectivity index (χ0v) is 16.8. The van der Waals surface area contributed by atoms with Gasteiger partial charge in [-0.05, 0) is 47.5 Å². The van der Waals surface area contributed by atoms with Crippen LogP contribution < -0.4 is 0 Å². The number of phenolic OH excluding ortho intramolecular Hbond substituents is 2. The number of amides is 3. The van der Waals surface area contributed by atoms with E-state index in [1.807, 2.05) is 17.5 Å². The van der Waals surface area contributed by atoms with Gasteiger partial charge in [0.15, 0.2) is 17.3 Å². The number of hydrogen-bond acceptors (Lipinski definition) is 8. The lowest BCUT2D eigenvalue weighted by atomic mass is 10.1. The molecule has 0 saturated carbocycles. The van der Waals surface area contributed by atoms with Crippen molar-refractivity contribution in [2.75, 3.05) is 20.1 Å². The van der Waals surface area contributed by atoms with Crippen LogP contribution in [0.25, 0.3) is 6.08 Å². The molecule has 0 atom stereocenters. The number of carbonyl (C=O) groups excluding carboxylic acids is 4. The molecule has 150 valence electrons. The molecule has 1 aromatic heterocycles. The molecule has 1 aromatic carbocycles. The summed E-state index contributed by atoms with van der Waals surface area (Å²) in [6, 6.07) is 7.22. The van der Waals surface area contributed by atoms with Gasteiger partial charge in [0.25, 0.3) is 11.1 Å². The third kappa shape index (κ3) is 4.66. The molecule has 10 heteroatoms. The highest BCUT2D eigenvalue weighted by Crippen LogP contribution is 2.32. The first-order valence-electron chi connectivity index (χ1n) is 8.34. The van der Waals surface area contributed by atoms with E-state index in [4.69, 9.17) is 0 Å². The first-order valence-corrected chi connectivity index (χ1v) is 10.0. The highest BCUT2D eigenvalue weighted by atomic mass is 32.2. The minimum atomic E-state index is -0.582. The fourth-order valence-electron chi connectivity index (χ4n) is 2.49. The Bertz CT molecular complexity index is 1020. The van der Waals surface area contributed by atoms with Gasteiger partial charge in [-0.1, -0.05) is 6.07 Å². The number of phenols is 2. The molecule has 2 aromatic rings. The van der Waals surface area contributed by atoms with Gasteiger partial charge in [0.1, 0.15) is 6.54 Å². The van der Waals surface area contributed by atoms with Crippen LogP contribution in [0.3, 0.4) is 0 Å². The van der Waals surface area contributed by atoms with Crippen molar-refractivity contribution >= 4 is 52.0 Å². The number of thioether (sulfide) groups is 1. The van der Waals surface area contributed by atoms with Gasteiger partial charge in [-0.15, -0.1) is 11.3 Å². The van der Waals surface area contributed by atoms with Crippen molar-refractivity contribution in [1.82, 2.24) is 9.80 Å². The predicted octanol–water partition coefficient (Wildman–Crippen LogP) is 2.54. The monoisotopic (exact) mass is 432 g/mol. The van der Waals surface area contributed by atoms with Crippen molar-refractivity contribution in [3.63, 3.8) is 0 Å². The smallest absolute Gasteiger partial charge is 0.294 e. The Kier molecular flexibility index (Phi) is 6.04. The fraction of sp³-hybridized carbons (Fsp3) is 0.158. The Hall–Kier alpha value is -3.11. The van der Waals surface area contributed by atoms with E-state index in [0.717, 1.165) is 32.5 Å². The molecule has 3 rings (SSSR count). The standard InChI is InChI=1S/C19H16N2O6S2/c1-20(9-15(24)11-4-5-13(22)14(23)7-11)17(25)10-21-18(26)16(29-19(21)27)8-12-3-2-6-28-12/h2-8,22-23H,9-10H2,1H3. The summed E-state index contributed by atoms with van der Waals surface area (Å²) >= 11 is 2.19. The van der Waals surface area contributed by atoms with Crippen LogP contribution >= 0.6 is 23.1 Å². The molecule has 0 bridgehead atoms. The summed E-state index contributed by atoms with van der Waals surface area (Å²) in [5.74, 6) is -2.41. The highest BCUT2D eigenvalue weighted by Gasteiger charge is 2.37. The first kappa shape index (κ1) is 20.6. The van der Waals surface area contributed by atoms with Crippen LogP contribution in [0.15, 0.2) is 40.6 Å². The number of ketones is 1.